The highest BCUT2D eigenvalue weighted by Crippen LogP contribution is 2.38. The Balaban J connectivity index is 1.94. The molecule has 0 saturated carbocycles. The van der Waals surface area contributed by atoms with Crippen molar-refractivity contribution in [2.45, 2.75) is 29.5 Å². The molecule has 0 amide bonds. The molecule has 0 radical (unpaired) electrons. The largest absolute Gasteiger partial charge is 0.480 e. The molecule has 27 heavy (non-hydrogen) atoms. The second-order valence-electron chi connectivity index (χ2n) is 6.84. The van der Waals surface area contributed by atoms with E-state index in [2.05, 4.69) is 22.6 Å². The molecule has 0 aromatic heterocycles. The summed E-state index contributed by atoms with van der Waals surface area (Å²) in [6.07, 6.45) is 0. The first-order chi connectivity index (χ1) is 12.6. The normalized spacial score (nSPS) is 20.3. The lowest BCUT2D eigenvalue weighted by atomic mass is 10.0. The van der Waals surface area contributed by atoms with E-state index in [9.17, 15) is 18.3 Å². The molecule has 1 heterocycles. The van der Waals surface area contributed by atoms with Crippen molar-refractivity contribution in [2.24, 2.45) is 0 Å². The van der Waals surface area contributed by atoms with Gasteiger partial charge < -0.3 is 5.11 Å². The number of halogens is 1. The standard InChI is InChI=1S/C19H20INO4S2/c1-19(2)17(18(22)23)21(11-12-26-19)27(24,25)16-9-5-14(6-10-16)13-3-7-15(20)8-4-13/h3-10,17H,11-12H2,1-2H3,(H,22,23). The number of benzene rings is 2. The maximum absolute atomic E-state index is 13.1. The van der Waals surface area contributed by atoms with Crippen LogP contribution in [-0.2, 0) is 14.8 Å². The molecule has 1 aliphatic rings. The SMILES string of the molecule is CC1(C)SCCN(S(=O)(=O)c2ccc(-c3ccc(I)cc3)cc2)C1C(=O)O. The molecule has 1 atom stereocenters. The van der Waals surface area contributed by atoms with Crippen molar-refractivity contribution in [2.75, 3.05) is 12.3 Å². The summed E-state index contributed by atoms with van der Waals surface area (Å²) in [7, 11) is -3.89. The second kappa shape index (κ2) is 7.73. The fourth-order valence-electron chi connectivity index (χ4n) is 3.23. The van der Waals surface area contributed by atoms with Crippen molar-refractivity contribution < 1.29 is 18.3 Å². The minimum absolute atomic E-state index is 0.116. The van der Waals surface area contributed by atoms with Crippen LogP contribution in [0, 0.1) is 3.57 Å². The summed E-state index contributed by atoms with van der Waals surface area (Å²) in [6.45, 7) is 3.74. The topological polar surface area (TPSA) is 74.7 Å². The first-order valence-corrected chi connectivity index (χ1v) is 11.9. The van der Waals surface area contributed by atoms with Gasteiger partial charge in [0.15, 0.2) is 0 Å². The van der Waals surface area contributed by atoms with Gasteiger partial charge in [-0.3, -0.25) is 4.79 Å². The molecule has 1 N–H and O–H groups in total. The van der Waals surface area contributed by atoms with Crippen LogP contribution in [-0.4, -0.2) is 46.9 Å². The predicted molar refractivity (Wildman–Crippen MR) is 116 cm³/mol. The monoisotopic (exact) mass is 517 g/mol. The molecule has 2 aromatic rings. The summed E-state index contributed by atoms with van der Waals surface area (Å²) in [6, 6.07) is 13.5. The first-order valence-electron chi connectivity index (χ1n) is 8.37. The quantitative estimate of drug-likeness (QED) is 0.623. The van der Waals surface area contributed by atoms with Crippen molar-refractivity contribution in [3.8, 4) is 11.1 Å². The van der Waals surface area contributed by atoms with Gasteiger partial charge in [0.2, 0.25) is 10.0 Å². The lowest BCUT2D eigenvalue weighted by Gasteiger charge is -2.42. The number of rotatable bonds is 4. The number of hydrogen-bond acceptors (Lipinski definition) is 4. The fraction of sp³-hybridized carbons (Fsp3) is 0.316. The van der Waals surface area contributed by atoms with E-state index in [0.717, 1.165) is 19.0 Å². The Labute approximate surface area is 177 Å². The van der Waals surface area contributed by atoms with Gasteiger partial charge in [-0.2, -0.15) is 16.1 Å². The molecule has 1 saturated heterocycles. The molecule has 1 fully saturated rings. The second-order valence-corrected chi connectivity index (χ2v) is 11.7. The van der Waals surface area contributed by atoms with Gasteiger partial charge in [0.05, 0.1) is 4.90 Å². The van der Waals surface area contributed by atoms with E-state index >= 15 is 0 Å². The van der Waals surface area contributed by atoms with E-state index in [0.29, 0.717) is 5.75 Å². The highest BCUT2D eigenvalue weighted by atomic mass is 127. The maximum Gasteiger partial charge on any atom is 0.323 e. The summed E-state index contributed by atoms with van der Waals surface area (Å²) in [5.41, 5.74) is 1.91. The average Bonchev–Trinajstić information content (AvgIpc) is 2.61. The molecule has 8 heteroatoms. The summed E-state index contributed by atoms with van der Waals surface area (Å²) in [4.78, 5) is 11.9. The third-order valence-corrected chi connectivity index (χ3v) is 8.56. The highest BCUT2D eigenvalue weighted by molar-refractivity contribution is 14.1. The summed E-state index contributed by atoms with van der Waals surface area (Å²) in [5, 5.41) is 9.65. The third kappa shape index (κ3) is 4.18. The van der Waals surface area contributed by atoms with Crippen LogP contribution >= 0.6 is 34.4 Å². The lowest BCUT2D eigenvalue weighted by molar-refractivity contribution is -0.142. The zero-order chi connectivity index (χ0) is 19.8. The summed E-state index contributed by atoms with van der Waals surface area (Å²) < 4.78 is 27.8. The van der Waals surface area contributed by atoms with E-state index in [-0.39, 0.29) is 11.4 Å². The molecule has 0 spiro atoms. The molecular weight excluding hydrogens is 497 g/mol. The van der Waals surface area contributed by atoms with Gasteiger partial charge in [0, 0.05) is 20.6 Å². The molecule has 0 aliphatic carbocycles. The van der Waals surface area contributed by atoms with Crippen molar-refractivity contribution in [1.29, 1.82) is 0 Å². The molecule has 1 aliphatic heterocycles. The zero-order valence-electron chi connectivity index (χ0n) is 14.9. The van der Waals surface area contributed by atoms with Crippen LogP contribution in [0.2, 0.25) is 0 Å². The summed E-state index contributed by atoms with van der Waals surface area (Å²) in [5.74, 6) is -0.553. The molecule has 3 rings (SSSR count). The summed E-state index contributed by atoms with van der Waals surface area (Å²) >= 11 is 3.72. The Morgan fingerprint density at radius 2 is 1.63 bits per heavy atom. The van der Waals surface area contributed by atoms with Gasteiger partial charge >= 0.3 is 5.97 Å². The molecule has 1 unspecified atom stereocenters. The van der Waals surface area contributed by atoms with Crippen LogP contribution in [0.4, 0.5) is 0 Å². The van der Waals surface area contributed by atoms with Crippen molar-refractivity contribution >= 4 is 50.3 Å². The van der Waals surface area contributed by atoms with Crippen LogP contribution in [0.1, 0.15) is 13.8 Å². The molecule has 2 aromatic carbocycles. The van der Waals surface area contributed by atoms with Crippen LogP contribution in [0.15, 0.2) is 53.4 Å². The van der Waals surface area contributed by atoms with Gasteiger partial charge in [-0.1, -0.05) is 24.3 Å². The molecule has 0 bridgehead atoms. The Hall–Kier alpha value is -1.10. The molecule has 144 valence electrons. The van der Waals surface area contributed by atoms with Crippen molar-refractivity contribution in [3.05, 3.63) is 52.1 Å². The Morgan fingerprint density at radius 3 is 2.15 bits per heavy atom. The van der Waals surface area contributed by atoms with E-state index in [1.54, 1.807) is 38.1 Å². The number of thioether (sulfide) groups is 1. The number of nitrogens with zero attached hydrogens (tertiary/aromatic N) is 1. The Bertz CT molecular complexity index is 941. The predicted octanol–water partition coefficient (Wildman–Crippen LogP) is 3.93. The maximum atomic E-state index is 13.1. The number of carbonyl (C=O) groups is 1. The average molecular weight is 517 g/mol. The number of sulfonamides is 1. The fourth-order valence-corrected chi connectivity index (χ4v) is 6.69. The zero-order valence-corrected chi connectivity index (χ0v) is 18.7. The van der Waals surface area contributed by atoms with Gasteiger partial charge in [-0.25, -0.2) is 8.42 Å². The highest BCUT2D eigenvalue weighted by Gasteiger charge is 2.48. The molecule has 5 nitrogen and oxygen atoms in total. The number of hydrogen-bond donors (Lipinski definition) is 1. The number of carboxylic acid groups (broad SMARTS) is 1. The lowest BCUT2D eigenvalue weighted by Crippen LogP contribution is -2.58. The Morgan fingerprint density at radius 1 is 1.11 bits per heavy atom. The van der Waals surface area contributed by atoms with Crippen molar-refractivity contribution in [1.82, 2.24) is 4.31 Å². The number of aliphatic carboxylic acids is 1. The number of carboxylic acids is 1. The minimum atomic E-state index is -3.89. The van der Waals surface area contributed by atoms with Gasteiger partial charge in [-0.05, 0) is 71.8 Å². The van der Waals surface area contributed by atoms with Crippen LogP contribution < -0.4 is 0 Å². The van der Waals surface area contributed by atoms with Crippen LogP contribution in [0.3, 0.4) is 0 Å². The molecular formula is C19H20INO4S2. The minimum Gasteiger partial charge on any atom is -0.480 e. The third-order valence-electron chi connectivity index (χ3n) is 4.60. The van der Waals surface area contributed by atoms with E-state index in [4.69, 9.17) is 0 Å². The Kier molecular flexibility index (Phi) is 5.90. The van der Waals surface area contributed by atoms with E-state index in [1.165, 1.54) is 11.8 Å². The van der Waals surface area contributed by atoms with Crippen LogP contribution in [0.5, 0.6) is 0 Å². The van der Waals surface area contributed by atoms with Crippen LogP contribution in [0.25, 0.3) is 11.1 Å². The van der Waals surface area contributed by atoms with E-state index < -0.39 is 26.8 Å². The van der Waals surface area contributed by atoms with Gasteiger partial charge in [-0.15, -0.1) is 0 Å². The van der Waals surface area contributed by atoms with Gasteiger partial charge in [0.25, 0.3) is 0 Å². The van der Waals surface area contributed by atoms with Crippen molar-refractivity contribution in [3.63, 3.8) is 0 Å². The smallest absolute Gasteiger partial charge is 0.323 e. The van der Waals surface area contributed by atoms with E-state index in [1.807, 2.05) is 24.3 Å². The van der Waals surface area contributed by atoms with Gasteiger partial charge in [0.1, 0.15) is 6.04 Å². The first kappa shape index (κ1) is 20.6.